The molecule has 0 nitrogen and oxygen atoms in total. The van der Waals surface area contributed by atoms with Gasteiger partial charge in [-0.15, -0.1) is 0 Å². The molecule has 0 radical (unpaired) electrons. The summed E-state index contributed by atoms with van der Waals surface area (Å²) in [5, 5.41) is 0. The minimum atomic E-state index is -0.162. The monoisotopic (exact) mass is 408 g/mol. The Kier molecular flexibility index (Phi) is 3.75. The number of fused-ring (bicyclic) bond motifs is 4. The second-order valence-electron chi connectivity index (χ2n) is 9.26. The lowest BCUT2D eigenvalue weighted by Gasteiger charge is -2.34. The summed E-state index contributed by atoms with van der Waals surface area (Å²) in [6.07, 6.45) is 19.4. The van der Waals surface area contributed by atoms with Gasteiger partial charge in [-0.1, -0.05) is 109 Å². The molecule has 0 saturated carbocycles. The normalized spacial score (nSPS) is 21.8. The second kappa shape index (κ2) is 6.68. The number of hydrogen-bond donors (Lipinski definition) is 0. The van der Waals surface area contributed by atoms with Crippen LogP contribution in [0.4, 0.5) is 0 Å². The van der Waals surface area contributed by atoms with Crippen LogP contribution >= 0.6 is 0 Å². The van der Waals surface area contributed by atoms with Gasteiger partial charge in [0.25, 0.3) is 0 Å². The second-order valence-corrected chi connectivity index (χ2v) is 9.26. The average Bonchev–Trinajstić information content (AvgIpc) is 3.63. The molecule has 0 spiro atoms. The van der Waals surface area contributed by atoms with E-state index in [1.54, 1.807) is 0 Å². The molecule has 0 aromatic heterocycles. The summed E-state index contributed by atoms with van der Waals surface area (Å²) in [6.45, 7) is 0. The Bertz CT molecular complexity index is 1440. The van der Waals surface area contributed by atoms with E-state index in [1.807, 2.05) is 0 Å². The van der Waals surface area contributed by atoms with Crippen molar-refractivity contribution in [1.29, 1.82) is 0 Å². The lowest BCUT2D eigenvalue weighted by Crippen LogP contribution is -2.26. The smallest absolute Gasteiger partial charge is 0.0610 e. The van der Waals surface area contributed by atoms with Crippen molar-refractivity contribution in [3.8, 4) is 11.1 Å². The van der Waals surface area contributed by atoms with Crippen LogP contribution in [0.25, 0.3) is 22.8 Å². The third-order valence-electron chi connectivity index (χ3n) is 7.67. The van der Waals surface area contributed by atoms with Crippen molar-refractivity contribution in [2.45, 2.75) is 24.7 Å². The molecule has 0 aliphatic heterocycles. The van der Waals surface area contributed by atoms with Crippen LogP contribution in [0.3, 0.4) is 0 Å². The summed E-state index contributed by atoms with van der Waals surface area (Å²) in [5.41, 5.74) is 14.1. The fourth-order valence-electron chi connectivity index (χ4n) is 6.21. The molecule has 4 aliphatic rings. The highest BCUT2D eigenvalue weighted by Crippen LogP contribution is 2.53. The van der Waals surface area contributed by atoms with Gasteiger partial charge >= 0.3 is 0 Å². The maximum Gasteiger partial charge on any atom is 0.0610 e. The zero-order valence-electron chi connectivity index (χ0n) is 18.0. The number of hydrogen-bond acceptors (Lipinski definition) is 0. The maximum atomic E-state index is 2.46. The number of rotatable bonds is 3. The van der Waals surface area contributed by atoms with Crippen molar-refractivity contribution in [2.75, 3.05) is 0 Å². The van der Waals surface area contributed by atoms with Gasteiger partial charge in [-0.3, -0.25) is 0 Å². The minimum Gasteiger partial charge on any atom is -0.0804 e. The van der Waals surface area contributed by atoms with Crippen LogP contribution in [0, 0.1) is 0 Å². The van der Waals surface area contributed by atoms with Crippen LogP contribution in [0.1, 0.15) is 40.7 Å². The first kappa shape index (κ1) is 18.0. The molecule has 1 atom stereocenters. The Hall–Kier alpha value is -3.64. The average molecular weight is 409 g/mol. The summed E-state index contributed by atoms with van der Waals surface area (Å²) in [4.78, 5) is 0. The number of allylic oxidation sites excluding steroid dienone is 9. The van der Waals surface area contributed by atoms with Gasteiger partial charge in [-0.2, -0.15) is 0 Å². The Labute approximate surface area is 189 Å². The Balaban J connectivity index is 1.41. The van der Waals surface area contributed by atoms with Crippen LogP contribution in [-0.4, -0.2) is 0 Å². The molecule has 7 rings (SSSR count). The van der Waals surface area contributed by atoms with Crippen LogP contribution in [0.5, 0.6) is 0 Å². The van der Waals surface area contributed by atoms with Gasteiger partial charge < -0.3 is 0 Å². The SMILES string of the molecule is C1=CCC(C2(C3=C(c4ccc5c(c4)Cc4ccccc4-5)CC=C3)C=Cc3ccccc32)=C1. The summed E-state index contributed by atoms with van der Waals surface area (Å²) in [6, 6.07) is 24.9. The quantitative estimate of drug-likeness (QED) is 0.324. The van der Waals surface area contributed by atoms with Gasteiger partial charge in [0.15, 0.2) is 0 Å². The highest BCUT2D eigenvalue weighted by Gasteiger charge is 2.42. The first-order valence-corrected chi connectivity index (χ1v) is 11.6. The maximum absolute atomic E-state index is 2.46. The molecule has 3 aromatic carbocycles. The molecule has 1 unspecified atom stereocenters. The van der Waals surface area contributed by atoms with E-state index in [4.69, 9.17) is 0 Å². The fraction of sp³-hybridized carbons (Fsp3) is 0.125. The van der Waals surface area contributed by atoms with E-state index in [1.165, 1.54) is 55.7 Å². The molecule has 0 heteroatoms. The van der Waals surface area contributed by atoms with E-state index in [2.05, 4.69) is 109 Å². The van der Waals surface area contributed by atoms with Gasteiger partial charge in [0, 0.05) is 0 Å². The van der Waals surface area contributed by atoms with Crippen LogP contribution in [-0.2, 0) is 11.8 Å². The first-order valence-electron chi connectivity index (χ1n) is 11.6. The van der Waals surface area contributed by atoms with E-state index in [9.17, 15) is 0 Å². The largest absolute Gasteiger partial charge is 0.0804 e. The minimum absolute atomic E-state index is 0.162. The van der Waals surface area contributed by atoms with E-state index in [0.29, 0.717) is 0 Å². The van der Waals surface area contributed by atoms with Crippen molar-refractivity contribution in [3.63, 3.8) is 0 Å². The van der Waals surface area contributed by atoms with Gasteiger partial charge in [0.2, 0.25) is 0 Å². The van der Waals surface area contributed by atoms with Crippen molar-refractivity contribution >= 4 is 11.6 Å². The van der Waals surface area contributed by atoms with E-state index in [0.717, 1.165) is 19.3 Å². The van der Waals surface area contributed by atoms with Crippen LogP contribution in [0.15, 0.2) is 114 Å². The molecule has 0 bridgehead atoms. The topological polar surface area (TPSA) is 0 Å². The van der Waals surface area contributed by atoms with E-state index in [-0.39, 0.29) is 5.41 Å². The Morgan fingerprint density at radius 1 is 0.719 bits per heavy atom. The molecule has 0 fully saturated rings. The predicted octanol–water partition coefficient (Wildman–Crippen LogP) is 7.82. The molecule has 152 valence electrons. The summed E-state index contributed by atoms with van der Waals surface area (Å²) in [7, 11) is 0. The fourth-order valence-corrected chi connectivity index (χ4v) is 6.21. The molecule has 0 heterocycles. The zero-order valence-corrected chi connectivity index (χ0v) is 18.0. The van der Waals surface area contributed by atoms with Gasteiger partial charge in [0.05, 0.1) is 5.41 Å². The van der Waals surface area contributed by atoms with E-state index < -0.39 is 0 Å². The Morgan fingerprint density at radius 2 is 1.59 bits per heavy atom. The molecular weight excluding hydrogens is 384 g/mol. The molecule has 32 heavy (non-hydrogen) atoms. The van der Waals surface area contributed by atoms with Gasteiger partial charge in [0.1, 0.15) is 0 Å². The third-order valence-corrected chi connectivity index (χ3v) is 7.67. The Morgan fingerprint density at radius 3 is 2.53 bits per heavy atom. The highest BCUT2D eigenvalue weighted by atomic mass is 14.4. The van der Waals surface area contributed by atoms with E-state index >= 15 is 0 Å². The van der Waals surface area contributed by atoms with Crippen molar-refractivity contribution in [1.82, 2.24) is 0 Å². The van der Waals surface area contributed by atoms with Crippen molar-refractivity contribution in [3.05, 3.63) is 142 Å². The standard InChI is InChI=1S/C32H24/c1-5-12-27-23(9-1)20-25-21-24(16-17-28(25)27)29-13-7-15-31(29)32(26-10-3-4-11-26)19-18-22-8-2-6-14-30(22)32/h1-10,12,14-19,21H,11,13,20H2. The molecule has 0 saturated heterocycles. The predicted molar refractivity (Wildman–Crippen MR) is 134 cm³/mol. The van der Waals surface area contributed by atoms with Crippen molar-refractivity contribution in [2.24, 2.45) is 0 Å². The third kappa shape index (κ3) is 2.38. The first-order chi connectivity index (χ1) is 15.8. The molecule has 0 N–H and O–H groups in total. The molecule has 4 aliphatic carbocycles. The summed E-state index contributed by atoms with van der Waals surface area (Å²) >= 11 is 0. The summed E-state index contributed by atoms with van der Waals surface area (Å²) < 4.78 is 0. The molecular formula is C32H24. The van der Waals surface area contributed by atoms with Crippen LogP contribution in [0.2, 0.25) is 0 Å². The highest BCUT2D eigenvalue weighted by molar-refractivity contribution is 5.86. The number of benzene rings is 3. The molecule has 0 amide bonds. The van der Waals surface area contributed by atoms with Crippen LogP contribution < -0.4 is 0 Å². The van der Waals surface area contributed by atoms with Crippen molar-refractivity contribution < 1.29 is 0 Å². The zero-order chi connectivity index (χ0) is 21.1. The summed E-state index contributed by atoms with van der Waals surface area (Å²) in [5.74, 6) is 0. The van der Waals surface area contributed by atoms with Gasteiger partial charge in [-0.05, 0) is 74.9 Å². The lowest BCUT2D eigenvalue weighted by atomic mass is 9.68. The van der Waals surface area contributed by atoms with Gasteiger partial charge in [-0.25, -0.2) is 0 Å². The lowest BCUT2D eigenvalue weighted by molar-refractivity contribution is 0.757. The molecule has 3 aromatic rings.